The summed E-state index contributed by atoms with van der Waals surface area (Å²) in [6, 6.07) is 21.8. The molecule has 1 fully saturated rings. The Morgan fingerprint density at radius 1 is 0.906 bits per heavy atom. The van der Waals surface area contributed by atoms with Crippen molar-refractivity contribution in [3.8, 4) is 5.75 Å². The monoisotopic (exact) mass is 748 g/mol. The minimum Gasteiger partial charge on any atom is -0.494 e. The molecule has 1 saturated heterocycles. The predicted molar refractivity (Wildman–Crippen MR) is 216 cm³/mol. The maximum atomic E-state index is 12.9. The van der Waals surface area contributed by atoms with Crippen molar-refractivity contribution >= 4 is 46.0 Å². The second-order valence-electron chi connectivity index (χ2n) is 11.8. The number of anilines is 1. The topological polar surface area (TPSA) is 112 Å². The van der Waals surface area contributed by atoms with Gasteiger partial charge in [-0.2, -0.15) is 0 Å². The molecule has 0 atom stereocenters. The van der Waals surface area contributed by atoms with Crippen LogP contribution in [0.2, 0.25) is 5.02 Å². The smallest absolute Gasteiger partial charge is 0.287 e. The first-order valence-corrected chi connectivity index (χ1v) is 19.0. The lowest BCUT2D eigenvalue weighted by Crippen LogP contribution is -2.51. The van der Waals surface area contributed by atoms with Crippen LogP contribution >= 0.6 is 11.6 Å². The van der Waals surface area contributed by atoms with Gasteiger partial charge in [-0.3, -0.25) is 19.2 Å². The van der Waals surface area contributed by atoms with Gasteiger partial charge in [-0.05, 0) is 62.2 Å². The molecule has 0 unspecified atom stereocenters. The number of amides is 3. The van der Waals surface area contributed by atoms with Crippen LogP contribution in [0.4, 0.5) is 5.69 Å². The fourth-order valence-corrected chi connectivity index (χ4v) is 5.49. The number of unbranched alkanes of at least 4 members (excludes halogenated alkanes) is 1. The van der Waals surface area contributed by atoms with Crippen molar-refractivity contribution in [1.29, 1.82) is 0 Å². The molecule has 53 heavy (non-hydrogen) atoms. The molecule has 0 spiro atoms. The molecule has 0 radical (unpaired) electrons. The van der Waals surface area contributed by atoms with Crippen molar-refractivity contribution in [3.05, 3.63) is 105 Å². The van der Waals surface area contributed by atoms with Crippen LogP contribution in [0.5, 0.6) is 5.75 Å². The third kappa shape index (κ3) is 13.9. The van der Waals surface area contributed by atoms with Crippen molar-refractivity contribution in [2.24, 2.45) is 0 Å². The van der Waals surface area contributed by atoms with Crippen LogP contribution in [-0.4, -0.2) is 73.4 Å². The molecule has 0 aliphatic carbocycles. The number of piperazine rings is 1. The van der Waals surface area contributed by atoms with Crippen LogP contribution in [0.3, 0.4) is 0 Å². The lowest BCUT2D eigenvalue weighted by atomic mass is 10.1. The summed E-state index contributed by atoms with van der Waals surface area (Å²) in [6.07, 6.45) is 1.91. The number of carbonyl (C=O) groups excluding carboxylic acids is 3. The summed E-state index contributed by atoms with van der Waals surface area (Å²) in [5, 5.41) is 3.72. The zero-order valence-corrected chi connectivity index (χ0v) is 33.4. The van der Waals surface area contributed by atoms with Gasteiger partial charge in [0.05, 0.1) is 18.5 Å². The Hall–Kier alpha value is -4.83. The second kappa shape index (κ2) is 23.7. The first kappa shape index (κ1) is 44.3. The number of ether oxygens (including phenoxy) is 1. The van der Waals surface area contributed by atoms with E-state index >= 15 is 0 Å². The zero-order valence-electron chi connectivity index (χ0n) is 32.7. The van der Waals surface area contributed by atoms with E-state index in [9.17, 15) is 19.2 Å². The van der Waals surface area contributed by atoms with Crippen molar-refractivity contribution in [3.63, 3.8) is 0 Å². The molecule has 0 bridgehead atoms. The molecule has 3 amide bonds. The Balaban J connectivity index is 0.000000699. The Morgan fingerprint density at radius 3 is 2.17 bits per heavy atom. The summed E-state index contributed by atoms with van der Waals surface area (Å²) in [5.74, 6) is -0.382. The molecule has 11 heteroatoms. The molecule has 4 aromatic rings. The summed E-state index contributed by atoms with van der Waals surface area (Å²) in [7, 11) is 0. The number of hydrogen-bond donors (Lipinski definition) is 1. The maximum Gasteiger partial charge on any atom is 0.287 e. The number of benzene rings is 3. The van der Waals surface area contributed by atoms with Crippen LogP contribution in [0.25, 0.3) is 11.0 Å². The number of nitrogens with zero attached hydrogens (tertiary/aromatic N) is 3. The number of aryl methyl sites for hydroxylation is 1. The van der Waals surface area contributed by atoms with E-state index in [1.807, 2.05) is 90.1 Å². The van der Waals surface area contributed by atoms with E-state index in [0.29, 0.717) is 57.0 Å². The lowest BCUT2D eigenvalue weighted by Gasteiger charge is -2.37. The normalized spacial score (nSPS) is 11.9. The number of para-hydroxylation sites is 1. The number of carbonyl (C=O) groups is 3. The summed E-state index contributed by atoms with van der Waals surface area (Å²) in [5.41, 5.74) is 3.28. The van der Waals surface area contributed by atoms with Crippen molar-refractivity contribution in [1.82, 2.24) is 15.1 Å². The molecular weight excluding hydrogens is 692 g/mol. The Kier molecular flexibility index (Phi) is 19.8. The van der Waals surface area contributed by atoms with Gasteiger partial charge in [0.15, 0.2) is 11.2 Å². The van der Waals surface area contributed by atoms with Gasteiger partial charge in [-0.25, -0.2) is 0 Å². The molecule has 2 heterocycles. The molecule has 288 valence electrons. The van der Waals surface area contributed by atoms with Gasteiger partial charge in [0.25, 0.3) is 5.91 Å². The highest BCUT2D eigenvalue weighted by Gasteiger charge is 2.24. The van der Waals surface area contributed by atoms with E-state index in [1.165, 1.54) is 5.56 Å². The van der Waals surface area contributed by atoms with E-state index in [2.05, 4.69) is 17.1 Å². The van der Waals surface area contributed by atoms with Gasteiger partial charge >= 0.3 is 0 Å². The maximum absolute atomic E-state index is 12.9. The summed E-state index contributed by atoms with van der Waals surface area (Å²) in [6.45, 7) is 19.4. The molecular formula is C42H57ClN4O6. The third-order valence-electron chi connectivity index (χ3n) is 8.25. The average Bonchev–Trinajstić information content (AvgIpc) is 3.19. The van der Waals surface area contributed by atoms with Gasteiger partial charge in [-0.1, -0.05) is 88.5 Å². The van der Waals surface area contributed by atoms with Crippen LogP contribution in [-0.2, 0) is 16.1 Å². The van der Waals surface area contributed by atoms with E-state index in [4.69, 9.17) is 20.8 Å². The first-order valence-electron chi connectivity index (χ1n) is 18.7. The Morgan fingerprint density at radius 2 is 1.57 bits per heavy atom. The van der Waals surface area contributed by atoms with Crippen LogP contribution in [0.15, 0.2) is 82.0 Å². The minimum atomic E-state index is -0.626. The molecule has 1 N–H and O–H groups in total. The van der Waals surface area contributed by atoms with E-state index in [0.717, 1.165) is 35.2 Å². The lowest BCUT2D eigenvalue weighted by molar-refractivity contribution is -0.130. The number of fused-ring (bicyclic) bond motifs is 1. The SMILES string of the molecule is CC.CC.CCCCOc1ccc2oc(C(=O)NCC(=O)N3CCN(c4ccccc4CN(CC)C(C)=O)CC3)cc(=O)c2c1.Cc1ccc(Cl)cc1. The van der Waals surface area contributed by atoms with Gasteiger partial charge in [-0.15, -0.1) is 0 Å². The summed E-state index contributed by atoms with van der Waals surface area (Å²) < 4.78 is 11.3. The van der Waals surface area contributed by atoms with Crippen molar-refractivity contribution in [2.75, 3.05) is 50.8 Å². The molecule has 1 aliphatic rings. The highest BCUT2D eigenvalue weighted by atomic mass is 35.5. The van der Waals surface area contributed by atoms with E-state index in [1.54, 1.807) is 34.9 Å². The van der Waals surface area contributed by atoms with Crippen molar-refractivity contribution < 1.29 is 23.5 Å². The second-order valence-corrected chi connectivity index (χ2v) is 12.3. The average molecular weight is 749 g/mol. The Bertz CT molecular complexity index is 1760. The zero-order chi connectivity index (χ0) is 39.3. The van der Waals surface area contributed by atoms with Crippen molar-refractivity contribution in [2.45, 2.75) is 74.8 Å². The minimum absolute atomic E-state index is 0.0317. The quantitative estimate of drug-likeness (QED) is 0.154. The number of nitrogens with one attached hydrogen (secondary N) is 1. The number of hydrogen-bond acceptors (Lipinski definition) is 7. The highest BCUT2D eigenvalue weighted by molar-refractivity contribution is 6.30. The third-order valence-corrected chi connectivity index (χ3v) is 8.50. The molecule has 1 aliphatic heterocycles. The van der Waals surface area contributed by atoms with E-state index in [-0.39, 0.29) is 35.1 Å². The molecule has 3 aromatic carbocycles. The van der Waals surface area contributed by atoms with Crippen LogP contribution < -0.4 is 20.4 Å². The summed E-state index contributed by atoms with van der Waals surface area (Å²) >= 11 is 5.61. The first-order chi connectivity index (χ1) is 25.6. The number of halogens is 1. The standard InChI is InChI=1S/C31H38N4O6.C7H7Cl.2C2H6/c1-4-6-17-40-24-11-12-28-25(18-24)27(37)19-29(41-28)31(39)32-20-30(38)35-15-13-34(14-16-35)26-10-8-7-9-23(26)21-33(5-2)22(3)36;1-6-2-4-7(8)5-3-6;2*1-2/h7-12,18-19H,4-6,13-17,20-21H2,1-3H3,(H,32,39);2-5H,1H3;2*1-2H3. The Labute approximate surface area is 320 Å². The number of rotatable bonds is 11. The van der Waals surface area contributed by atoms with Gasteiger partial charge in [0, 0.05) is 63.0 Å². The largest absolute Gasteiger partial charge is 0.494 e. The van der Waals surface area contributed by atoms with Gasteiger partial charge in [0.1, 0.15) is 11.3 Å². The molecule has 0 saturated carbocycles. The summed E-state index contributed by atoms with van der Waals surface area (Å²) in [4.78, 5) is 55.9. The highest BCUT2D eigenvalue weighted by Crippen LogP contribution is 2.24. The van der Waals surface area contributed by atoms with Gasteiger partial charge < -0.3 is 29.2 Å². The molecule has 5 rings (SSSR count). The fourth-order valence-electron chi connectivity index (χ4n) is 5.36. The van der Waals surface area contributed by atoms with Gasteiger partial charge in [0.2, 0.25) is 11.8 Å². The predicted octanol–water partition coefficient (Wildman–Crippen LogP) is 8.12. The van der Waals surface area contributed by atoms with E-state index < -0.39 is 5.91 Å². The molecule has 10 nitrogen and oxygen atoms in total. The molecule has 1 aromatic heterocycles. The fraction of sp³-hybridized carbons (Fsp3) is 0.429. The van der Waals surface area contributed by atoms with Crippen LogP contribution in [0.1, 0.15) is 83.0 Å². The van der Waals surface area contributed by atoms with Crippen LogP contribution in [0, 0.1) is 6.92 Å².